The predicted molar refractivity (Wildman–Crippen MR) is 88.3 cm³/mol. The van der Waals surface area contributed by atoms with E-state index in [4.69, 9.17) is 14.7 Å². The van der Waals surface area contributed by atoms with Crippen molar-refractivity contribution in [3.63, 3.8) is 0 Å². The van der Waals surface area contributed by atoms with Crippen LogP contribution in [0.25, 0.3) is 0 Å². The molecule has 4 nitrogen and oxygen atoms in total. The summed E-state index contributed by atoms with van der Waals surface area (Å²) in [7, 11) is 0. The zero-order valence-corrected chi connectivity index (χ0v) is 13.4. The zero-order valence-electron chi connectivity index (χ0n) is 12.6. The van der Waals surface area contributed by atoms with Crippen LogP contribution in [0.1, 0.15) is 16.3 Å². The Kier molecular flexibility index (Phi) is 5.04. The second kappa shape index (κ2) is 7.57. The van der Waals surface area contributed by atoms with E-state index < -0.39 is 0 Å². The number of benzene rings is 2. The van der Waals surface area contributed by atoms with E-state index in [0.717, 1.165) is 10.7 Å². The number of nitrogens with zero attached hydrogens (tertiary/aromatic N) is 2. The molecule has 0 spiro atoms. The number of para-hydroxylation sites is 1. The van der Waals surface area contributed by atoms with E-state index in [-0.39, 0.29) is 12.4 Å². The highest BCUT2D eigenvalue weighted by Gasteiger charge is 2.06. The van der Waals surface area contributed by atoms with Crippen LogP contribution in [0, 0.1) is 17.1 Å². The molecule has 0 bridgehead atoms. The van der Waals surface area contributed by atoms with E-state index in [1.165, 1.54) is 23.5 Å². The lowest BCUT2D eigenvalue weighted by Gasteiger charge is -2.05. The molecule has 0 aliphatic heterocycles. The minimum absolute atomic E-state index is 0.283. The van der Waals surface area contributed by atoms with Crippen LogP contribution < -0.4 is 9.47 Å². The average Bonchev–Trinajstić information content (AvgIpc) is 3.07. The molecule has 0 saturated carbocycles. The molecule has 0 N–H and O–H groups in total. The molecule has 1 aromatic heterocycles. The molecule has 0 radical (unpaired) electrons. The number of aromatic nitrogens is 1. The van der Waals surface area contributed by atoms with Crippen LogP contribution in [-0.4, -0.2) is 4.98 Å². The zero-order chi connectivity index (χ0) is 16.8. The van der Waals surface area contributed by atoms with Gasteiger partial charge in [0.1, 0.15) is 41.6 Å². The van der Waals surface area contributed by atoms with Crippen molar-refractivity contribution in [1.82, 2.24) is 4.98 Å². The SMILES string of the molecule is N#Cc1ccccc1OCc1csc(COc2ccc(F)cc2)n1. The van der Waals surface area contributed by atoms with Crippen LogP contribution in [0.3, 0.4) is 0 Å². The van der Waals surface area contributed by atoms with Gasteiger partial charge in [-0.2, -0.15) is 5.26 Å². The average molecular weight is 340 g/mol. The topological polar surface area (TPSA) is 55.1 Å². The second-order valence-electron chi connectivity index (χ2n) is 4.87. The molecule has 0 fully saturated rings. The van der Waals surface area contributed by atoms with E-state index in [0.29, 0.717) is 23.7 Å². The largest absolute Gasteiger partial charge is 0.486 e. The van der Waals surface area contributed by atoms with Crippen LogP contribution in [0.5, 0.6) is 11.5 Å². The van der Waals surface area contributed by atoms with Gasteiger partial charge in [-0.1, -0.05) is 12.1 Å². The second-order valence-corrected chi connectivity index (χ2v) is 5.81. The van der Waals surface area contributed by atoms with Gasteiger partial charge in [0.15, 0.2) is 0 Å². The highest BCUT2D eigenvalue weighted by Crippen LogP contribution is 2.20. The number of hydrogen-bond acceptors (Lipinski definition) is 5. The molecule has 0 saturated heterocycles. The van der Waals surface area contributed by atoms with Gasteiger partial charge in [0.05, 0.1) is 11.3 Å². The fraction of sp³-hybridized carbons (Fsp3) is 0.111. The Balaban J connectivity index is 1.55. The van der Waals surface area contributed by atoms with Gasteiger partial charge in [-0.25, -0.2) is 9.37 Å². The lowest BCUT2D eigenvalue weighted by Crippen LogP contribution is -1.99. The van der Waals surface area contributed by atoms with Crippen molar-refractivity contribution >= 4 is 11.3 Å². The molecular weight excluding hydrogens is 327 g/mol. The Labute approximate surface area is 142 Å². The first-order valence-electron chi connectivity index (χ1n) is 7.18. The maximum absolute atomic E-state index is 12.8. The predicted octanol–water partition coefficient (Wildman–Crippen LogP) is 4.31. The Morgan fingerprint density at radius 1 is 1.04 bits per heavy atom. The van der Waals surface area contributed by atoms with Crippen LogP contribution in [0.2, 0.25) is 0 Å². The normalized spacial score (nSPS) is 10.2. The van der Waals surface area contributed by atoms with Crippen LogP contribution >= 0.6 is 11.3 Å². The molecule has 24 heavy (non-hydrogen) atoms. The summed E-state index contributed by atoms with van der Waals surface area (Å²) in [5, 5.41) is 11.7. The Morgan fingerprint density at radius 3 is 2.62 bits per heavy atom. The minimum Gasteiger partial charge on any atom is -0.486 e. The lowest BCUT2D eigenvalue weighted by atomic mass is 10.2. The quantitative estimate of drug-likeness (QED) is 0.671. The summed E-state index contributed by atoms with van der Waals surface area (Å²) in [5.74, 6) is 0.832. The van der Waals surface area contributed by atoms with Gasteiger partial charge in [-0.15, -0.1) is 11.3 Å². The molecule has 0 atom stereocenters. The summed E-state index contributed by atoms with van der Waals surface area (Å²) in [6, 6.07) is 15.0. The van der Waals surface area contributed by atoms with Gasteiger partial charge in [0.2, 0.25) is 0 Å². The third kappa shape index (κ3) is 4.09. The first-order chi connectivity index (χ1) is 11.7. The van der Waals surface area contributed by atoms with Gasteiger partial charge in [0.25, 0.3) is 0 Å². The van der Waals surface area contributed by atoms with Crippen LogP contribution in [0.4, 0.5) is 4.39 Å². The van der Waals surface area contributed by atoms with E-state index >= 15 is 0 Å². The van der Waals surface area contributed by atoms with Gasteiger partial charge in [-0.3, -0.25) is 0 Å². The fourth-order valence-corrected chi connectivity index (χ4v) is 2.68. The highest BCUT2D eigenvalue weighted by atomic mass is 32.1. The Hall–Kier alpha value is -2.91. The molecule has 1 heterocycles. The number of rotatable bonds is 6. The summed E-state index contributed by atoms with van der Waals surface area (Å²) in [6.07, 6.45) is 0. The van der Waals surface area contributed by atoms with Crippen molar-refractivity contribution in [3.8, 4) is 17.6 Å². The number of hydrogen-bond donors (Lipinski definition) is 0. The molecular formula is C18H13FN2O2S. The van der Waals surface area contributed by atoms with Crippen molar-refractivity contribution in [3.05, 3.63) is 76.0 Å². The first-order valence-corrected chi connectivity index (χ1v) is 8.06. The number of ether oxygens (including phenoxy) is 2. The molecule has 0 amide bonds. The van der Waals surface area contributed by atoms with E-state index in [1.54, 1.807) is 30.3 Å². The summed E-state index contributed by atoms with van der Waals surface area (Å²) in [4.78, 5) is 4.42. The van der Waals surface area contributed by atoms with Gasteiger partial charge in [0, 0.05) is 5.38 Å². The van der Waals surface area contributed by atoms with Crippen molar-refractivity contribution in [2.24, 2.45) is 0 Å². The monoisotopic (exact) mass is 340 g/mol. The molecule has 2 aromatic carbocycles. The number of thiazole rings is 1. The highest BCUT2D eigenvalue weighted by molar-refractivity contribution is 7.09. The number of halogens is 1. The fourth-order valence-electron chi connectivity index (χ4n) is 1.99. The first kappa shape index (κ1) is 16.0. The van der Waals surface area contributed by atoms with Crippen molar-refractivity contribution < 1.29 is 13.9 Å². The molecule has 120 valence electrons. The van der Waals surface area contributed by atoms with E-state index in [1.807, 2.05) is 11.4 Å². The van der Waals surface area contributed by atoms with Gasteiger partial charge < -0.3 is 9.47 Å². The Morgan fingerprint density at radius 2 is 1.83 bits per heavy atom. The smallest absolute Gasteiger partial charge is 0.140 e. The third-order valence-corrected chi connectivity index (χ3v) is 4.03. The standard InChI is InChI=1S/C18H13FN2O2S/c19-14-5-7-16(8-6-14)22-11-18-21-15(12-24-18)10-23-17-4-2-1-3-13(17)9-20/h1-8,12H,10-11H2. The van der Waals surface area contributed by atoms with Crippen molar-refractivity contribution in [1.29, 1.82) is 5.26 Å². The summed E-state index contributed by atoms with van der Waals surface area (Å²) >= 11 is 1.46. The lowest BCUT2D eigenvalue weighted by molar-refractivity contribution is 0.294. The molecule has 6 heteroatoms. The van der Waals surface area contributed by atoms with Gasteiger partial charge >= 0.3 is 0 Å². The molecule has 3 aromatic rings. The molecule has 0 unspecified atom stereocenters. The van der Waals surface area contributed by atoms with E-state index in [2.05, 4.69) is 11.1 Å². The molecule has 0 aliphatic carbocycles. The van der Waals surface area contributed by atoms with Gasteiger partial charge in [-0.05, 0) is 36.4 Å². The summed E-state index contributed by atoms with van der Waals surface area (Å²) < 4.78 is 24.0. The summed E-state index contributed by atoms with van der Waals surface area (Å²) in [5.41, 5.74) is 1.26. The van der Waals surface area contributed by atoms with Crippen LogP contribution in [-0.2, 0) is 13.2 Å². The summed E-state index contributed by atoms with van der Waals surface area (Å²) in [6.45, 7) is 0.594. The van der Waals surface area contributed by atoms with Crippen molar-refractivity contribution in [2.75, 3.05) is 0 Å². The maximum Gasteiger partial charge on any atom is 0.140 e. The third-order valence-electron chi connectivity index (χ3n) is 3.16. The maximum atomic E-state index is 12.8. The minimum atomic E-state index is -0.298. The Bertz CT molecular complexity index is 856. The van der Waals surface area contributed by atoms with Crippen molar-refractivity contribution in [2.45, 2.75) is 13.2 Å². The van der Waals surface area contributed by atoms with E-state index in [9.17, 15) is 4.39 Å². The molecule has 0 aliphatic rings. The van der Waals surface area contributed by atoms with Crippen LogP contribution in [0.15, 0.2) is 53.9 Å². The molecule has 3 rings (SSSR count). The number of nitriles is 1.